The van der Waals surface area contributed by atoms with Gasteiger partial charge in [0.05, 0.1) is 7.11 Å². The lowest BCUT2D eigenvalue weighted by molar-refractivity contribution is 0.414. The molecule has 20 heavy (non-hydrogen) atoms. The van der Waals surface area contributed by atoms with E-state index in [4.69, 9.17) is 4.74 Å². The van der Waals surface area contributed by atoms with Gasteiger partial charge in [0.2, 0.25) is 0 Å². The molecule has 0 amide bonds. The van der Waals surface area contributed by atoms with Crippen LogP contribution in [0.3, 0.4) is 0 Å². The molecule has 3 nitrogen and oxygen atoms in total. The van der Waals surface area contributed by atoms with Crippen molar-refractivity contribution in [3.05, 3.63) is 29.8 Å². The summed E-state index contributed by atoms with van der Waals surface area (Å²) in [6, 6.07) is 8.13. The molecule has 0 saturated carbocycles. The monoisotopic (exact) mass is 297 g/mol. The molecule has 0 saturated heterocycles. The largest absolute Gasteiger partial charge is 0.497 e. The van der Waals surface area contributed by atoms with Crippen molar-refractivity contribution >= 4 is 10.8 Å². The van der Waals surface area contributed by atoms with Crippen LogP contribution in [0.4, 0.5) is 0 Å². The number of hydrogen-bond donors (Lipinski definition) is 1. The quantitative estimate of drug-likeness (QED) is 0.839. The van der Waals surface area contributed by atoms with Gasteiger partial charge in [-0.25, -0.2) is 0 Å². The zero-order chi connectivity index (χ0) is 15.2. The average molecular weight is 297 g/mol. The van der Waals surface area contributed by atoms with Crippen LogP contribution in [0.5, 0.6) is 5.75 Å². The maximum absolute atomic E-state index is 12.4. The standard InChI is InChI=1S/C16H27NO2S/c1-6-11-17-15(12-20(18)16(2,3)4)13-7-9-14(19-5)10-8-13/h7-10,15,17H,6,11-12H2,1-5H3. The van der Waals surface area contributed by atoms with Crippen molar-refractivity contribution in [1.82, 2.24) is 5.32 Å². The maximum Gasteiger partial charge on any atom is 0.118 e. The van der Waals surface area contributed by atoms with Gasteiger partial charge in [-0.1, -0.05) is 19.1 Å². The third-order valence-corrected chi connectivity index (χ3v) is 5.16. The molecule has 114 valence electrons. The molecule has 0 heterocycles. The molecule has 0 spiro atoms. The minimum Gasteiger partial charge on any atom is -0.497 e. The molecule has 1 aromatic rings. The smallest absolute Gasteiger partial charge is 0.118 e. The van der Waals surface area contributed by atoms with Crippen molar-refractivity contribution in [2.24, 2.45) is 0 Å². The van der Waals surface area contributed by atoms with Crippen molar-refractivity contribution in [2.75, 3.05) is 19.4 Å². The van der Waals surface area contributed by atoms with Crippen LogP contribution in [0.2, 0.25) is 0 Å². The summed E-state index contributed by atoms with van der Waals surface area (Å²) in [6.07, 6.45) is 1.06. The highest BCUT2D eigenvalue weighted by Gasteiger charge is 2.23. The lowest BCUT2D eigenvalue weighted by atomic mass is 10.1. The Morgan fingerprint density at radius 1 is 1.25 bits per heavy atom. The molecule has 0 aliphatic carbocycles. The molecule has 1 aromatic carbocycles. The maximum atomic E-state index is 12.4. The van der Waals surface area contributed by atoms with E-state index in [2.05, 4.69) is 12.2 Å². The summed E-state index contributed by atoms with van der Waals surface area (Å²) in [5, 5.41) is 3.49. The Kier molecular flexibility index (Phi) is 6.69. The van der Waals surface area contributed by atoms with Gasteiger partial charge in [0, 0.05) is 27.3 Å². The predicted octanol–water partition coefficient (Wildman–Crippen LogP) is 3.28. The third kappa shape index (κ3) is 5.25. The minimum atomic E-state index is -0.872. The minimum absolute atomic E-state index is 0.126. The fourth-order valence-electron chi connectivity index (χ4n) is 1.83. The van der Waals surface area contributed by atoms with Gasteiger partial charge in [-0.3, -0.25) is 4.21 Å². The topological polar surface area (TPSA) is 38.3 Å². The van der Waals surface area contributed by atoms with E-state index in [0.717, 1.165) is 24.3 Å². The molecule has 0 bridgehead atoms. The van der Waals surface area contributed by atoms with Gasteiger partial charge in [0.1, 0.15) is 5.75 Å². The molecule has 1 N–H and O–H groups in total. The summed E-state index contributed by atoms with van der Waals surface area (Å²) in [6.45, 7) is 9.13. The Bertz CT molecular complexity index is 423. The number of rotatable bonds is 7. The number of benzene rings is 1. The number of hydrogen-bond acceptors (Lipinski definition) is 3. The van der Waals surface area contributed by atoms with Crippen LogP contribution >= 0.6 is 0 Å². The van der Waals surface area contributed by atoms with Gasteiger partial charge in [-0.2, -0.15) is 0 Å². The van der Waals surface area contributed by atoms with E-state index in [1.807, 2.05) is 45.0 Å². The van der Waals surface area contributed by atoms with Gasteiger partial charge in [-0.15, -0.1) is 0 Å². The summed E-state index contributed by atoms with van der Waals surface area (Å²) < 4.78 is 17.4. The second-order valence-corrected chi connectivity index (χ2v) is 8.15. The van der Waals surface area contributed by atoms with E-state index in [0.29, 0.717) is 5.75 Å². The Morgan fingerprint density at radius 2 is 1.85 bits per heavy atom. The third-order valence-electron chi connectivity index (χ3n) is 3.16. The highest BCUT2D eigenvalue weighted by molar-refractivity contribution is 7.86. The summed E-state index contributed by atoms with van der Waals surface area (Å²) in [4.78, 5) is 0. The first-order chi connectivity index (χ1) is 9.38. The van der Waals surface area contributed by atoms with Crippen molar-refractivity contribution in [3.63, 3.8) is 0 Å². The summed E-state index contributed by atoms with van der Waals surface area (Å²) >= 11 is 0. The average Bonchev–Trinajstić information content (AvgIpc) is 2.42. The van der Waals surface area contributed by atoms with E-state index >= 15 is 0 Å². The van der Waals surface area contributed by atoms with E-state index in [1.165, 1.54) is 0 Å². The lowest BCUT2D eigenvalue weighted by Gasteiger charge is -2.24. The van der Waals surface area contributed by atoms with E-state index < -0.39 is 10.8 Å². The van der Waals surface area contributed by atoms with Gasteiger partial charge in [0.25, 0.3) is 0 Å². The molecular formula is C16H27NO2S. The summed E-state index contributed by atoms with van der Waals surface area (Å²) in [5.41, 5.74) is 1.16. The Morgan fingerprint density at radius 3 is 2.30 bits per heavy atom. The number of methoxy groups -OCH3 is 1. The fourth-order valence-corrected chi connectivity index (χ4v) is 2.94. The Hall–Kier alpha value is -0.870. The van der Waals surface area contributed by atoms with Crippen LogP contribution in [0.25, 0.3) is 0 Å². The number of nitrogens with one attached hydrogen (secondary N) is 1. The van der Waals surface area contributed by atoms with E-state index in [9.17, 15) is 4.21 Å². The Balaban J connectivity index is 2.84. The Labute approximate surface area is 125 Å². The normalized spacial score (nSPS) is 14.8. The van der Waals surface area contributed by atoms with Gasteiger partial charge in [0.15, 0.2) is 0 Å². The van der Waals surface area contributed by atoms with Crippen molar-refractivity contribution in [3.8, 4) is 5.75 Å². The first-order valence-corrected chi connectivity index (χ1v) is 8.46. The SMILES string of the molecule is CCCNC(CS(=O)C(C)(C)C)c1ccc(OC)cc1. The molecule has 4 heteroatoms. The molecule has 0 fully saturated rings. The number of ether oxygens (including phenoxy) is 1. The van der Waals surface area contributed by atoms with E-state index in [-0.39, 0.29) is 10.8 Å². The molecule has 1 rings (SSSR count). The highest BCUT2D eigenvalue weighted by Crippen LogP contribution is 2.22. The lowest BCUT2D eigenvalue weighted by Crippen LogP contribution is -2.33. The van der Waals surface area contributed by atoms with Gasteiger partial charge in [-0.05, 0) is 51.4 Å². The molecule has 2 unspecified atom stereocenters. The van der Waals surface area contributed by atoms with Gasteiger partial charge < -0.3 is 10.1 Å². The first-order valence-electron chi connectivity index (χ1n) is 7.14. The first kappa shape index (κ1) is 17.2. The van der Waals surface area contributed by atoms with E-state index in [1.54, 1.807) is 7.11 Å². The summed E-state index contributed by atoms with van der Waals surface area (Å²) in [5.74, 6) is 1.48. The van der Waals surface area contributed by atoms with Crippen molar-refractivity contribution in [2.45, 2.75) is 44.9 Å². The molecule has 2 atom stereocenters. The zero-order valence-electron chi connectivity index (χ0n) is 13.2. The van der Waals surface area contributed by atoms with Crippen molar-refractivity contribution < 1.29 is 8.95 Å². The highest BCUT2D eigenvalue weighted by atomic mass is 32.2. The van der Waals surface area contributed by atoms with Crippen LogP contribution in [0, 0.1) is 0 Å². The predicted molar refractivity (Wildman–Crippen MR) is 86.8 cm³/mol. The van der Waals surface area contributed by atoms with Crippen LogP contribution in [0.1, 0.15) is 45.7 Å². The van der Waals surface area contributed by atoms with Crippen LogP contribution in [0.15, 0.2) is 24.3 Å². The summed E-state index contributed by atoms with van der Waals surface area (Å²) in [7, 11) is 0.791. The second-order valence-electron chi connectivity index (χ2n) is 5.90. The molecule has 0 aliphatic heterocycles. The molecular weight excluding hydrogens is 270 g/mol. The molecule has 0 aromatic heterocycles. The fraction of sp³-hybridized carbons (Fsp3) is 0.625. The van der Waals surface area contributed by atoms with Crippen molar-refractivity contribution in [1.29, 1.82) is 0 Å². The van der Waals surface area contributed by atoms with Crippen LogP contribution in [-0.4, -0.2) is 28.4 Å². The van der Waals surface area contributed by atoms with Crippen LogP contribution in [-0.2, 0) is 10.8 Å². The molecule has 0 aliphatic rings. The zero-order valence-corrected chi connectivity index (χ0v) is 14.0. The second kappa shape index (κ2) is 7.79. The van der Waals surface area contributed by atoms with Gasteiger partial charge >= 0.3 is 0 Å². The van der Waals surface area contributed by atoms with Crippen LogP contribution < -0.4 is 10.1 Å². The molecule has 0 radical (unpaired) electrons.